The van der Waals surface area contributed by atoms with Crippen molar-refractivity contribution in [2.45, 2.75) is 50.9 Å². The van der Waals surface area contributed by atoms with Gasteiger partial charge in [0.2, 0.25) is 5.91 Å². The molecule has 1 aliphatic heterocycles. The van der Waals surface area contributed by atoms with Gasteiger partial charge in [-0.1, -0.05) is 43.7 Å². The molecule has 27 heteroatoms. The zero-order valence-electron chi connectivity index (χ0n) is 32.8. The van der Waals surface area contributed by atoms with Crippen molar-refractivity contribution in [1.29, 1.82) is 0 Å². The lowest BCUT2D eigenvalue weighted by molar-refractivity contribution is -0.162. The van der Waals surface area contributed by atoms with Gasteiger partial charge in [0, 0.05) is 31.3 Å². The Morgan fingerprint density at radius 2 is 1.80 bits per heavy atom. The van der Waals surface area contributed by atoms with Gasteiger partial charge < -0.3 is 58.6 Å². The predicted molar refractivity (Wildman–Crippen MR) is 213 cm³/mol. The number of phosphoric acid groups is 3. The van der Waals surface area contributed by atoms with Crippen LogP contribution in [0.1, 0.15) is 48.3 Å². The van der Waals surface area contributed by atoms with Crippen LogP contribution in [0.3, 0.4) is 0 Å². The van der Waals surface area contributed by atoms with Gasteiger partial charge >= 0.3 is 29.2 Å². The highest BCUT2D eigenvalue weighted by atomic mass is 31.3. The maximum Gasteiger partial charge on any atom is 0.490 e. The zero-order chi connectivity index (χ0) is 45.1. The first-order chi connectivity index (χ1) is 28.8. The molecule has 0 bridgehead atoms. The van der Waals surface area contributed by atoms with Crippen LogP contribution in [0.15, 0.2) is 71.4 Å². The number of H-pyrrole nitrogens is 1. The van der Waals surface area contributed by atoms with Crippen LogP contribution in [0.5, 0.6) is 5.75 Å². The molecule has 2 aromatic rings. The highest BCUT2D eigenvalue weighted by Gasteiger charge is 2.43. The van der Waals surface area contributed by atoms with Gasteiger partial charge in [0.25, 0.3) is 11.5 Å². The number of hydrogen-bond acceptors (Lipinski definition) is 16. The molecule has 6 atom stereocenters. The number of aromatic amines is 1. The molecule has 3 rings (SSSR count). The number of unbranched alkanes of at least 4 members (excludes halogenated alkanes) is 1. The molecule has 7 N–H and O–H groups in total. The minimum atomic E-state index is -5.80. The summed E-state index contributed by atoms with van der Waals surface area (Å²) in [6.45, 7) is 7.89. The van der Waals surface area contributed by atoms with Gasteiger partial charge in [-0.15, -0.1) is 13.2 Å². The molecule has 1 saturated heterocycles. The third-order valence-corrected chi connectivity index (χ3v) is 11.5. The fourth-order valence-corrected chi connectivity index (χ4v) is 8.07. The van der Waals surface area contributed by atoms with E-state index in [4.69, 9.17) is 42.7 Å². The molecule has 2 amide bonds. The van der Waals surface area contributed by atoms with E-state index in [1.165, 1.54) is 24.3 Å². The Morgan fingerprint density at radius 1 is 1.05 bits per heavy atom. The van der Waals surface area contributed by atoms with Crippen LogP contribution < -0.4 is 26.6 Å². The number of aromatic nitrogens is 2. The zero-order valence-corrected chi connectivity index (χ0v) is 35.5. The number of amides is 2. The van der Waals surface area contributed by atoms with Crippen LogP contribution >= 0.6 is 23.5 Å². The summed E-state index contributed by atoms with van der Waals surface area (Å²) in [5.41, 5.74) is -1.38. The lowest BCUT2D eigenvalue weighted by Crippen LogP contribution is -2.34. The Kier molecular flexibility index (Phi) is 21.3. The first-order valence-corrected chi connectivity index (χ1v) is 22.7. The van der Waals surface area contributed by atoms with E-state index in [9.17, 15) is 42.7 Å². The second kappa shape index (κ2) is 25.2. The average Bonchev–Trinajstić information content (AvgIpc) is 3.59. The number of nitrogens with one attached hydrogen (secondary N) is 3. The topological polar surface area (TPSA) is 328 Å². The number of nitrogens with zero attached hydrogens (tertiary/aromatic N) is 1. The second-order valence-electron chi connectivity index (χ2n) is 12.5. The predicted octanol–water partition coefficient (Wildman–Crippen LogP) is 2.00. The summed E-state index contributed by atoms with van der Waals surface area (Å²) in [6.07, 6.45) is 3.86. The maximum atomic E-state index is 12.8. The van der Waals surface area contributed by atoms with Gasteiger partial charge in [0.15, 0.2) is 6.29 Å². The normalized spacial score (nSPS) is 19.1. The largest absolute Gasteiger partial charge is 0.490 e. The van der Waals surface area contributed by atoms with Crippen molar-refractivity contribution in [2.24, 2.45) is 0 Å². The van der Waals surface area contributed by atoms with E-state index in [0.29, 0.717) is 17.9 Å². The fraction of sp³-hybridized carbons (Fsp3) is 0.471. The van der Waals surface area contributed by atoms with Gasteiger partial charge in [-0.25, -0.2) is 18.5 Å². The quantitative estimate of drug-likeness (QED) is 0.0265. The molecule has 61 heavy (non-hydrogen) atoms. The smallest absolute Gasteiger partial charge is 0.488 e. The Bertz CT molecular complexity index is 2070. The summed E-state index contributed by atoms with van der Waals surface area (Å²) in [5, 5.41) is 5.40. The van der Waals surface area contributed by atoms with Crippen molar-refractivity contribution < 1.29 is 84.4 Å². The number of benzene rings is 1. The average molecular weight is 927 g/mol. The molecule has 340 valence electrons. The van der Waals surface area contributed by atoms with Crippen LogP contribution in [-0.4, -0.2) is 112 Å². The minimum absolute atomic E-state index is 0.0604. The first-order valence-electron chi connectivity index (χ1n) is 18.2. The molecule has 0 radical (unpaired) electrons. The monoisotopic (exact) mass is 926 g/mol. The van der Waals surface area contributed by atoms with Gasteiger partial charge in [-0.05, 0) is 24.6 Å². The number of rotatable bonds is 29. The highest BCUT2D eigenvalue weighted by molar-refractivity contribution is 7.66. The molecular weight excluding hydrogens is 877 g/mol. The van der Waals surface area contributed by atoms with Crippen LogP contribution in [0, 0.1) is 0 Å². The Morgan fingerprint density at radius 3 is 2.51 bits per heavy atom. The molecule has 2 heterocycles. The van der Waals surface area contributed by atoms with Crippen LogP contribution in [0.4, 0.5) is 0 Å². The Balaban J connectivity index is 1.60. The van der Waals surface area contributed by atoms with E-state index < -0.39 is 78.6 Å². The van der Waals surface area contributed by atoms with Gasteiger partial charge in [0.1, 0.15) is 38.1 Å². The molecule has 1 aliphatic rings. The van der Waals surface area contributed by atoms with E-state index in [-0.39, 0.29) is 51.0 Å². The third kappa shape index (κ3) is 19.3. The number of phosphoric ester groups is 1. The maximum absolute atomic E-state index is 12.8. The summed E-state index contributed by atoms with van der Waals surface area (Å²) in [4.78, 5) is 89.5. The highest BCUT2D eigenvalue weighted by Crippen LogP contribution is 2.66. The van der Waals surface area contributed by atoms with Crippen LogP contribution in [-0.2, 0) is 55.3 Å². The summed E-state index contributed by atoms with van der Waals surface area (Å²) < 4.78 is 81.6. The summed E-state index contributed by atoms with van der Waals surface area (Å²) >= 11 is 0. The lowest BCUT2D eigenvalue weighted by Gasteiger charge is -2.21. The van der Waals surface area contributed by atoms with Crippen molar-refractivity contribution in [3.63, 3.8) is 0 Å². The summed E-state index contributed by atoms with van der Waals surface area (Å²) in [7, 11) is -17.0. The van der Waals surface area contributed by atoms with Crippen molar-refractivity contribution in [3.05, 3.63) is 93.8 Å². The summed E-state index contributed by atoms with van der Waals surface area (Å²) in [5.74, 6) is -0.431. The van der Waals surface area contributed by atoms with E-state index >= 15 is 0 Å². The van der Waals surface area contributed by atoms with E-state index in [2.05, 4.69) is 37.4 Å². The molecule has 0 aliphatic carbocycles. The number of hydrogen-bond donors (Lipinski definition) is 7. The standard InChI is InChI=1S/C34H49N4O20P3/c1-4-7-13-36-32(40)24-10-8-12-26(17-24)52-22-31(51-16-6-3)53-21-29(39)35-14-9-11-25-19-38(34(42)37-33(25)41)30-18-27(54-23-50-15-5-2)28(56-30)20-55-60(46,47)58-61(48,49)57-59(43,44)45/h5-6,8-12,17,19,27-28,30-31H,2-4,7,13-16,18,20-23H2,1H3,(H,35,39)(H,36,40)(H,46,47)(H,48,49)(H,37,41,42)(H2,43,44,45)/b11-9+/t27-,28?,30-,31?/m1/s1. The molecule has 0 saturated carbocycles. The molecular formula is C34H49N4O20P3. The van der Waals surface area contributed by atoms with Crippen LogP contribution in [0.2, 0.25) is 0 Å². The van der Waals surface area contributed by atoms with E-state index in [1.807, 2.05) is 6.92 Å². The Labute approximate surface area is 348 Å². The number of carbonyl (C=O) groups excluding carboxylic acids is 2. The van der Waals surface area contributed by atoms with E-state index in [1.54, 1.807) is 24.3 Å². The van der Waals surface area contributed by atoms with Crippen molar-refractivity contribution in [2.75, 3.05) is 52.9 Å². The van der Waals surface area contributed by atoms with Gasteiger partial charge in [-0.3, -0.25) is 28.5 Å². The molecule has 1 aromatic heterocycles. The molecule has 4 unspecified atom stereocenters. The molecule has 0 spiro atoms. The SMILES string of the molecule is C=CCOCO[C@@H]1C[C@H](n2cc(/C=C/CNC(=O)COC(COc3cccc(C(=O)NCCCC)c3)OCC=C)c(=O)[nH]c2=O)OC1COP(=O)(O)OP(=O)(O)OP(=O)(O)O. The first kappa shape index (κ1) is 51.4. The van der Waals surface area contributed by atoms with Gasteiger partial charge in [0.05, 0.1) is 31.5 Å². The summed E-state index contributed by atoms with van der Waals surface area (Å²) in [6, 6.07) is 6.53. The lowest BCUT2D eigenvalue weighted by atomic mass is 10.2. The molecule has 24 nitrogen and oxygen atoms in total. The number of ether oxygens (including phenoxy) is 6. The van der Waals surface area contributed by atoms with Gasteiger partial charge in [-0.2, -0.15) is 8.62 Å². The second-order valence-corrected chi connectivity index (χ2v) is 16.9. The number of carbonyl (C=O) groups is 2. The van der Waals surface area contributed by atoms with Crippen molar-refractivity contribution in [3.8, 4) is 5.75 Å². The van der Waals surface area contributed by atoms with E-state index in [0.717, 1.165) is 23.6 Å². The van der Waals surface area contributed by atoms with Crippen LogP contribution in [0.25, 0.3) is 6.08 Å². The molecule has 1 fully saturated rings. The minimum Gasteiger partial charge on any atom is -0.488 e. The third-order valence-electron chi connectivity index (χ3n) is 7.72. The van der Waals surface area contributed by atoms with Crippen molar-refractivity contribution in [1.82, 2.24) is 20.2 Å². The molecule has 1 aromatic carbocycles. The Hall–Kier alpha value is -3.93. The fourth-order valence-electron chi connectivity index (χ4n) is 5.04. The van der Waals surface area contributed by atoms with Crippen molar-refractivity contribution >= 4 is 41.4 Å².